The van der Waals surface area contributed by atoms with Crippen molar-refractivity contribution in [2.75, 3.05) is 0 Å². The van der Waals surface area contributed by atoms with Crippen LogP contribution in [-0.2, 0) is 4.74 Å². The van der Waals surface area contributed by atoms with E-state index in [0.29, 0.717) is 0 Å². The Labute approximate surface area is 95.2 Å². The van der Waals surface area contributed by atoms with E-state index in [0.717, 1.165) is 36.8 Å². The van der Waals surface area contributed by atoms with Crippen LogP contribution in [0, 0.1) is 0 Å². The fourth-order valence-electron chi connectivity index (χ4n) is 1.58. The molecule has 0 aliphatic rings. The summed E-state index contributed by atoms with van der Waals surface area (Å²) >= 11 is 0. The normalized spacial score (nSPS) is 14.7. The van der Waals surface area contributed by atoms with Gasteiger partial charge in [-0.05, 0) is 26.7 Å². The molecule has 0 aromatic heterocycles. The molecular formula is C14H26O. The van der Waals surface area contributed by atoms with Crippen LogP contribution in [-0.4, -0.2) is 12.2 Å². The van der Waals surface area contributed by atoms with Gasteiger partial charge in [-0.3, -0.25) is 0 Å². The van der Waals surface area contributed by atoms with Gasteiger partial charge in [-0.15, -0.1) is 0 Å². The molecule has 0 spiro atoms. The zero-order valence-electron chi connectivity index (χ0n) is 10.8. The lowest BCUT2D eigenvalue weighted by atomic mass is 10.1. The van der Waals surface area contributed by atoms with E-state index in [1.54, 1.807) is 0 Å². The highest BCUT2D eigenvalue weighted by Crippen LogP contribution is 2.19. The summed E-state index contributed by atoms with van der Waals surface area (Å²) in [6.07, 6.45) is 4.77. The van der Waals surface area contributed by atoms with Crippen LogP contribution in [0.2, 0.25) is 0 Å². The maximum absolute atomic E-state index is 6.06. The van der Waals surface area contributed by atoms with Gasteiger partial charge in [0, 0.05) is 0 Å². The van der Waals surface area contributed by atoms with Gasteiger partial charge in [0.05, 0.1) is 12.2 Å². The Balaban J connectivity index is 4.32. The van der Waals surface area contributed by atoms with E-state index < -0.39 is 0 Å². The van der Waals surface area contributed by atoms with E-state index in [4.69, 9.17) is 4.74 Å². The van der Waals surface area contributed by atoms with E-state index in [2.05, 4.69) is 27.0 Å². The topological polar surface area (TPSA) is 9.23 Å². The maximum Gasteiger partial charge on any atom is 0.0787 e. The van der Waals surface area contributed by atoms with Gasteiger partial charge >= 0.3 is 0 Å². The molecular weight excluding hydrogens is 184 g/mol. The monoisotopic (exact) mass is 210 g/mol. The van der Waals surface area contributed by atoms with Gasteiger partial charge in [0.15, 0.2) is 0 Å². The first-order valence-electron chi connectivity index (χ1n) is 5.99. The molecule has 2 unspecified atom stereocenters. The summed E-state index contributed by atoms with van der Waals surface area (Å²) in [5.41, 5.74) is 2.25. The van der Waals surface area contributed by atoms with Crippen LogP contribution in [0.3, 0.4) is 0 Å². The number of rotatable bonds is 8. The van der Waals surface area contributed by atoms with Crippen molar-refractivity contribution in [3.63, 3.8) is 0 Å². The van der Waals surface area contributed by atoms with Crippen LogP contribution in [0.1, 0.15) is 53.4 Å². The van der Waals surface area contributed by atoms with Crippen molar-refractivity contribution in [2.24, 2.45) is 0 Å². The second-order valence-electron chi connectivity index (χ2n) is 4.38. The van der Waals surface area contributed by atoms with Gasteiger partial charge in [-0.25, -0.2) is 0 Å². The molecule has 0 aromatic rings. The van der Waals surface area contributed by atoms with Crippen LogP contribution < -0.4 is 0 Å². The molecule has 0 bridgehead atoms. The van der Waals surface area contributed by atoms with E-state index in [1.807, 2.05) is 13.8 Å². The SMILES string of the molecule is C=C(C)C(CCC)OC(CCC)C(=C)C. The van der Waals surface area contributed by atoms with Gasteiger partial charge in [0.25, 0.3) is 0 Å². The highest BCUT2D eigenvalue weighted by molar-refractivity contribution is 5.03. The van der Waals surface area contributed by atoms with E-state index in [1.165, 1.54) is 0 Å². The van der Waals surface area contributed by atoms with Gasteiger partial charge in [0.2, 0.25) is 0 Å². The smallest absolute Gasteiger partial charge is 0.0787 e. The van der Waals surface area contributed by atoms with Crippen molar-refractivity contribution in [1.82, 2.24) is 0 Å². The van der Waals surface area contributed by atoms with Crippen molar-refractivity contribution in [3.8, 4) is 0 Å². The lowest BCUT2D eigenvalue weighted by Crippen LogP contribution is -2.23. The van der Waals surface area contributed by atoms with Crippen LogP contribution >= 0.6 is 0 Å². The van der Waals surface area contributed by atoms with Gasteiger partial charge in [0.1, 0.15) is 0 Å². The molecule has 2 atom stereocenters. The second kappa shape index (κ2) is 7.70. The Hall–Kier alpha value is -0.560. The predicted molar refractivity (Wildman–Crippen MR) is 68.1 cm³/mol. The third kappa shape index (κ3) is 5.78. The van der Waals surface area contributed by atoms with Crippen LogP contribution in [0.4, 0.5) is 0 Å². The third-order valence-electron chi connectivity index (χ3n) is 2.53. The Kier molecular flexibility index (Phi) is 7.41. The molecule has 88 valence electrons. The second-order valence-corrected chi connectivity index (χ2v) is 4.38. The number of hydrogen-bond donors (Lipinski definition) is 0. The molecule has 0 radical (unpaired) electrons. The fourth-order valence-corrected chi connectivity index (χ4v) is 1.58. The summed E-state index contributed by atoms with van der Waals surface area (Å²) in [4.78, 5) is 0. The Morgan fingerprint density at radius 3 is 1.47 bits per heavy atom. The lowest BCUT2D eigenvalue weighted by molar-refractivity contribution is 0.0192. The van der Waals surface area contributed by atoms with Gasteiger partial charge in [-0.1, -0.05) is 51.0 Å². The zero-order valence-corrected chi connectivity index (χ0v) is 10.8. The summed E-state index contributed by atoms with van der Waals surface area (Å²) in [5.74, 6) is 0. The number of ether oxygens (including phenoxy) is 1. The number of hydrogen-bond acceptors (Lipinski definition) is 1. The molecule has 0 rings (SSSR count). The molecule has 0 saturated heterocycles. The Morgan fingerprint density at radius 2 is 1.27 bits per heavy atom. The predicted octanol–water partition coefficient (Wildman–Crippen LogP) is 4.49. The van der Waals surface area contributed by atoms with Crippen molar-refractivity contribution < 1.29 is 4.74 Å². The molecule has 0 fully saturated rings. The van der Waals surface area contributed by atoms with Gasteiger partial charge in [-0.2, -0.15) is 0 Å². The summed E-state index contributed by atoms with van der Waals surface area (Å²) in [6.45, 7) is 16.4. The van der Waals surface area contributed by atoms with Gasteiger partial charge < -0.3 is 4.74 Å². The van der Waals surface area contributed by atoms with Crippen molar-refractivity contribution in [3.05, 3.63) is 24.3 Å². The molecule has 0 amide bonds. The van der Waals surface area contributed by atoms with E-state index in [9.17, 15) is 0 Å². The van der Waals surface area contributed by atoms with E-state index in [-0.39, 0.29) is 12.2 Å². The van der Waals surface area contributed by atoms with Crippen molar-refractivity contribution in [1.29, 1.82) is 0 Å². The first-order chi connectivity index (χ1) is 7.02. The summed E-state index contributed by atoms with van der Waals surface area (Å²) in [6, 6.07) is 0. The van der Waals surface area contributed by atoms with Crippen LogP contribution in [0.25, 0.3) is 0 Å². The average molecular weight is 210 g/mol. The van der Waals surface area contributed by atoms with Crippen LogP contribution in [0.5, 0.6) is 0 Å². The quantitative estimate of drug-likeness (QED) is 0.536. The van der Waals surface area contributed by atoms with E-state index >= 15 is 0 Å². The highest BCUT2D eigenvalue weighted by Gasteiger charge is 2.16. The first-order valence-corrected chi connectivity index (χ1v) is 5.99. The molecule has 15 heavy (non-hydrogen) atoms. The molecule has 0 aliphatic carbocycles. The minimum atomic E-state index is 0.197. The fraction of sp³-hybridized carbons (Fsp3) is 0.714. The summed E-state index contributed by atoms with van der Waals surface area (Å²) in [5, 5.41) is 0. The largest absolute Gasteiger partial charge is 0.366 e. The molecule has 0 aromatic carbocycles. The first kappa shape index (κ1) is 14.4. The zero-order chi connectivity index (χ0) is 11.8. The van der Waals surface area contributed by atoms with Crippen LogP contribution in [0.15, 0.2) is 24.3 Å². The van der Waals surface area contributed by atoms with Crippen molar-refractivity contribution >= 4 is 0 Å². The standard InChI is InChI=1S/C14H26O/c1-7-9-13(11(3)4)15-14(10-8-2)12(5)6/h13-14H,3,5,7-10H2,1-2,4,6H3. The molecule has 0 aliphatic heterocycles. The third-order valence-corrected chi connectivity index (χ3v) is 2.53. The Morgan fingerprint density at radius 1 is 0.933 bits per heavy atom. The summed E-state index contributed by atoms with van der Waals surface area (Å²) < 4.78 is 6.06. The van der Waals surface area contributed by atoms with Crippen molar-refractivity contribution in [2.45, 2.75) is 65.6 Å². The molecule has 0 heterocycles. The molecule has 0 N–H and O–H groups in total. The Bertz CT molecular complexity index is 183. The maximum atomic E-state index is 6.06. The minimum Gasteiger partial charge on any atom is -0.366 e. The molecule has 0 saturated carbocycles. The minimum absolute atomic E-state index is 0.197. The lowest BCUT2D eigenvalue weighted by Gasteiger charge is -2.25. The molecule has 1 heteroatoms. The average Bonchev–Trinajstić information content (AvgIpc) is 2.15. The molecule has 1 nitrogen and oxygen atoms in total. The summed E-state index contributed by atoms with van der Waals surface area (Å²) in [7, 11) is 0. The highest BCUT2D eigenvalue weighted by atomic mass is 16.5.